The molecular formula is C18H21NO3. The molecule has 0 aliphatic rings. The van der Waals surface area contributed by atoms with E-state index in [0.717, 1.165) is 5.75 Å². The number of para-hydroxylation sites is 1. The molecule has 0 spiro atoms. The topological polar surface area (TPSA) is 49.8 Å². The highest BCUT2D eigenvalue weighted by Crippen LogP contribution is 2.22. The lowest BCUT2D eigenvalue weighted by molar-refractivity contribution is 0.0368. The van der Waals surface area contributed by atoms with Crippen LogP contribution in [0.25, 0.3) is 0 Å². The molecule has 4 heteroatoms. The van der Waals surface area contributed by atoms with Crippen LogP contribution in [0.5, 0.6) is 11.5 Å². The van der Waals surface area contributed by atoms with Gasteiger partial charge in [-0.2, -0.15) is 0 Å². The highest BCUT2D eigenvalue weighted by atomic mass is 16.5. The fourth-order valence-corrected chi connectivity index (χ4v) is 2.19. The fraction of sp³-hybridized carbons (Fsp3) is 0.278. The summed E-state index contributed by atoms with van der Waals surface area (Å²) in [4.78, 5) is 13.9. The van der Waals surface area contributed by atoms with Crippen molar-refractivity contribution < 1.29 is 14.6 Å². The van der Waals surface area contributed by atoms with Crippen molar-refractivity contribution in [2.75, 3.05) is 13.6 Å². The number of nitrogens with zero attached hydrogens (tertiary/aromatic N) is 1. The molecular weight excluding hydrogens is 278 g/mol. The molecule has 4 nitrogen and oxygen atoms in total. The zero-order valence-electron chi connectivity index (χ0n) is 13.1. The number of hydrogen-bond acceptors (Lipinski definition) is 3. The SMILES string of the molecule is CN(CC(C)(C)O)C(=O)c1cccc(Oc2ccccc2)c1. The molecule has 0 saturated heterocycles. The monoisotopic (exact) mass is 299 g/mol. The van der Waals surface area contributed by atoms with E-state index < -0.39 is 5.60 Å². The molecule has 0 fully saturated rings. The predicted molar refractivity (Wildman–Crippen MR) is 86.2 cm³/mol. The van der Waals surface area contributed by atoms with Gasteiger partial charge in [0, 0.05) is 19.2 Å². The first-order chi connectivity index (χ1) is 10.3. The molecule has 0 aliphatic carbocycles. The highest BCUT2D eigenvalue weighted by Gasteiger charge is 2.20. The lowest BCUT2D eigenvalue weighted by Crippen LogP contribution is -2.39. The van der Waals surface area contributed by atoms with Gasteiger partial charge in [-0.25, -0.2) is 0 Å². The van der Waals surface area contributed by atoms with Crippen molar-refractivity contribution in [2.24, 2.45) is 0 Å². The molecule has 0 aliphatic heterocycles. The van der Waals surface area contributed by atoms with Crippen molar-refractivity contribution in [3.05, 3.63) is 60.2 Å². The predicted octanol–water partition coefficient (Wildman–Crippen LogP) is 3.32. The molecule has 0 heterocycles. The third-order valence-corrected chi connectivity index (χ3v) is 3.03. The molecule has 0 atom stereocenters. The maximum absolute atomic E-state index is 12.4. The Bertz CT molecular complexity index is 632. The summed E-state index contributed by atoms with van der Waals surface area (Å²) >= 11 is 0. The summed E-state index contributed by atoms with van der Waals surface area (Å²) in [5, 5.41) is 9.81. The van der Waals surface area contributed by atoms with E-state index in [1.165, 1.54) is 4.90 Å². The minimum atomic E-state index is -0.928. The van der Waals surface area contributed by atoms with Gasteiger partial charge in [0.05, 0.1) is 5.60 Å². The molecule has 0 unspecified atom stereocenters. The summed E-state index contributed by atoms with van der Waals surface area (Å²) in [6, 6.07) is 16.4. The minimum absolute atomic E-state index is 0.152. The van der Waals surface area contributed by atoms with E-state index in [-0.39, 0.29) is 12.5 Å². The number of carbonyl (C=O) groups is 1. The van der Waals surface area contributed by atoms with Gasteiger partial charge in [-0.1, -0.05) is 24.3 Å². The number of benzene rings is 2. The largest absolute Gasteiger partial charge is 0.457 e. The van der Waals surface area contributed by atoms with Crippen LogP contribution in [0.3, 0.4) is 0 Å². The van der Waals surface area contributed by atoms with E-state index in [0.29, 0.717) is 11.3 Å². The Kier molecular flexibility index (Phi) is 4.83. The first-order valence-corrected chi connectivity index (χ1v) is 7.16. The Morgan fingerprint density at radius 1 is 1.09 bits per heavy atom. The summed E-state index contributed by atoms with van der Waals surface area (Å²) in [5.41, 5.74) is -0.400. The average Bonchev–Trinajstić information content (AvgIpc) is 2.46. The maximum atomic E-state index is 12.4. The number of carbonyl (C=O) groups excluding carboxylic acids is 1. The van der Waals surface area contributed by atoms with Crippen molar-refractivity contribution in [3.8, 4) is 11.5 Å². The fourth-order valence-electron chi connectivity index (χ4n) is 2.19. The third kappa shape index (κ3) is 4.60. The van der Waals surface area contributed by atoms with E-state index in [4.69, 9.17) is 4.74 Å². The molecule has 0 saturated carbocycles. The maximum Gasteiger partial charge on any atom is 0.253 e. The smallest absolute Gasteiger partial charge is 0.253 e. The molecule has 0 aromatic heterocycles. The van der Waals surface area contributed by atoms with E-state index in [9.17, 15) is 9.90 Å². The van der Waals surface area contributed by atoms with Crippen molar-refractivity contribution >= 4 is 5.91 Å². The molecule has 1 amide bonds. The second-order valence-electron chi connectivity index (χ2n) is 5.92. The van der Waals surface area contributed by atoms with Crippen LogP contribution < -0.4 is 4.74 Å². The van der Waals surface area contributed by atoms with Crippen molar-refractivity contribution in [1.82, 2.24) is 4.90 Å². The van der Waals surface area contributed by atoms with Crippen LogP contribution in [-0.2, 0) is 0 Å². The number of ether oxygens (including phenoxy) is 1. The molecule has 0 radical (unpaired) electrons. The van der Waals surface area contributed by atoms with Gasteiger partial charge in [0.15, 0.2) is 0 Å². The third-order valence-electron chi connectivity index (χ3n) is 3.03. The summed E-state index contributed by atoms with van der Waals surface area (Å²) in [6.45, 7) is 3.60. The first-order valence-electron chi connectivity index (χ1n) is 7.16. The van der Waals surface area contributed by atoms with Gasteiger partial charge in [0.2, 0.25) is 0 Å². The second-order valence-corrected chi connectivity index (χ2v) is 5.92. The van der Waals surface area contributed by atoms with Gasteiger partial charge in [-0.15, -0.1) is 0 Å². The van der Waals surface area contributed by atoms with Gasteiger partial charge >= 0.3 is 0 Å². The van der Waals surface area contributed by atoms with Crippen LogP contribution in [0.15, 0.2) is 54.6 Å². The first kappa shape index (κ1) is 16.0. The molecule has 2 aromatic rings. The summed E-state index contributed by atoms with van der Waals surface area (Å²) in [6.07, 6.45) is 0. The second kappa shape index (κ2) is 6.62. The summed E-state index contributed by atoms with van der Waals surface area (Å²) in [7, 11) is 1.67. The molecule has 2 aromatic carbocycles. The lowest BCUT2D eigenvalue weighted by atomic mass is 10.1. The highest BCUT2D eigenvalue weighted by molar-refractivity contribution is 5.94. The normalized spacial score (nSPS) is 11.1. The van der Waals surface area contributed by atoms with Crippen molar-refractivity contribution in [1.29, 1.82) is 0 Å². The summed E-state index contributed by atoms with van der Waals surface area (Å²) in [5.74, 6) is 1.17. The van der Waals surface area contributed by atoms with Crippen LogP contribution >= 0.6 is 0 Å². The molecule has 22 heavy (non-hydrogen) atoms. The Balaban J connectivity index is 2.12. The van der Waals surface area contributed by atoms with Gasteiger partial charge in [-0.3, -0.25) is 4.79 Å². The Hall–Kier alpha value is -2.33. The number of aliphatic hydroxyl groups is 1. The van der Waals surface area contributed by atoms with Gasteiger partial charge < -0.3 is 14.7 Å². The Morgan fingerprint density at radius 2 is 1.73 bits per heavy atom. The van der Waals surface area contributed by atoms with Gasteiger partial charge in [0.25, 0.3) is 5.91 Å². The molecule has 116 valence electrons. The zero-order valence-corrected chi connectivity index (χ0v) is 13.1. The van der Waals surface area contributed by atoms with E-state index in [2.05, 4.69) is 0 Å². The number of hydrogen-bond donors (Lipinski definition) is 1. The zero-order chi connectivity index (χ0) is 16.2. The number of likely N-dealkylation sites (N-methyl/N-ethyl adjacent to an activating group) is 1. The van der Waals surface area contributed by atoms with E-state index in [1.54, 1.807) is 45.2 Å². The standard InChI is InChI=1S/C18H21NO3/c1-18(2,21)13-19(3)17(20)14-8-7-11-16(12-14)22-15-9-5-4-6-10-15/h4-12,21H,13H2,1-3H3. The Morgan fingerprint density at radius 3 is 2.36 bits per heavy atom. The quantitative estimate of drug-likeness (QED) is 0.921. The number of rotatable bonds is 5. The Labute approximate surface area is 131 Å². The van der Waals surface area contributed by atoms with Crippen LogP contribution in [0.2, 0.25) is 0 Å². The van der Waals surface area contributed by atoms with Crippen LogP contribution in [0.1, 0.15) is 24.2 Å². The van der Waals surface area contributed by atoms with Gasteiger partial charge in [0.1, 0.15) is 11.5 Å². The van der Waals surface area contributed by atoms with Crippen LogP contribution in [0.4, 0.5) is 0 Å². The summed E-state index contributed by atoms with van der Waals surface area (Å²) < 4.78 is 5.73. The van der Waals surface area contributed by atoms with E-state index in [1.807, 2.05) is 30.3 Å². The van der Waals surface area contributed by atoms with Gasteiger partial charge in [-0.05, 0) is 44.2 Å². The van der Waals surface area contributed by atoms with Crippen molar-refractivity contribution in [3.63, 3.8) is 0 Å². The van der Waals surface area contributed by atoms with E-state index >= 15 is 0 Å². The average molecular weight is 299 g/mol. The lowest BCUT2D eigenvalue weighted by Gasteiger charge is -2.25. The molecule has 0 bridgehead atoms. The minimum Gasteiger partial charge on any atom is -0.457 e. The number of amides is 1. The molecule has 1 N–H and O–H groups in total. The van der Waals surface area contributed by atoms with Crippen molar-refractivity contribution in [2.45, 2.75) is 19.4 Å². The van der Waals surface area contributed by atoms with Crippen LogP contribution in [-0.4, -0.2) is 35.1 Å². The van der Waals surface area contributed by atoms with Crippen LogP contribution in [0, 0.1) is 0 Å². The molecule has 2 rings (SSSR count).